The highest BCUT2D eigenvalue weighted by Gasteiger charge is 1.98. The smallest absolute Gasteiger partial charge is 0.334 e. The van der Waals surface area contributed by atoms with E-state index in [1.54, 1.807) is 6.92 Å². The molecule has 0 aromatic carbocycles. The van der Waals surface area contributed by atoms with Gasteiger partial charge in [0.15, 0.2) is 0 Å². The Hall–Kier alpha value is -0.540. The molecular weight excluding hydrogens is 142 g/mol. The van der Waals surface area contributed by atoms with Gasteiger partial charge in [0.25, 0.3) is 0 Å². The fourth-order valence-electron chi connectivity index (χ4n) is 0.199. The van der Waals surface area contributed by atoms with E-state index in [0.717, 1.165) is 0 Å². The van der Waals surface area contributed by atoms with E-state index >= 15 is 0 Å². The molecule has 0 amide bonds. The number of rotatable bonds is 2. The van der Waals surface area contributed by atoms with E-state index in [2.05, 4.69) is 11.3 Å². The summed E-state index contributed by atoms with van der Waals surface area (Å²) in [5, 5.41) is 0. The van der Waals surface area contributed by atoms with Crippen molar-refractivity contribution in [3.63, 3.8) is 0 Å². The van der Waals surface area contributed by atoms with Crippen LogP contribution in [0.4, 0.5) is 0 Å². The number of hydrogen-bond donors (Lipinski definition) is 1. The standard InChI is InChI=1S/C5H9NO2.ClH/c1-4(2)5(7)8-3-6;/h1,3,6H2,2H3;1H. The average molecular weight is 152 g/mol. The highest BCUT2D eigenvalue weighted by Crippen LogP contribution is 1.88. The Morgan fingerprint density at radius 3 is 2.33 bits per heavy atom. The lowest BCUT2D eigenvalue weighted by atomic mass is 10.4. The maximum atomic E-state index is 10.3. The first kappa shape index (κ1) is 11.3. The molecule has 0 unspecified atom stereocenters. The van der Waals surface area contributed by atoms with Gasteiger partial charge in [0.05, 0.1) is 0 Å². The first-order valence-corrected chi connectivity index (χ1v) is 2.21. The Bertz CT molecular complexity index is 114. The van der Waals surface area contributed by atoms with Crippen LogP contribution in [-0.2, 0) is 9.53 Å². The molecule has 2 N–H and O–H groups in total. The number of carbonyl (C=O) groups excluding carboxylic acids is 1. The van der Waals surface area contributed by atoms with E-state index < -0.39 is 5.97 Å². The van der Waals surface area contributed by atoms with Crippen molar-refractivity contribution in [2.75, 3.05) is 6.73 Å². The van der Waals surface area contributed by atoms with Crippen molar-refractivity contribution in [1.29, 1.82) is 0 Å². The van der Waals surface area contributed by atoms with Crippen molar-refractivity contribution in [2.45, 2.75) is 6.92 Å². The third-order valence-electron chi connectivity index (χ3n) is 0.563. The summed E-state index contributed by atoms with van der Waals surface area (Å²) in [7, 11) is 0. The average Bonchev–Trinajstić information content (AvgIpc) is 1.67. The number of ether oxygens (including phenoxy) is 1. The van der Waals surface area contributed by atoms with Crippen molar-refractivity contribution >= 4 is 18.4 Å². The van der Waals surface area contributed by atoms with Crippen LogP contribution in [0, 0.1) is 0 Å². The van der Waals surface area contributed by atoms with E-state index in [1.165, 1.54) is 0 Å². The summed E-state index contributed by atoms with van der Waals surface area (Å²) in [4.78, 5) is 10.3. The second-order valence-electron chi connectivity index (χ2n) is 1.38. The molecule has 54 valence electrons. The van der Waals surface area contributed by atoms with Crippen LogP contribution in [0.5, 0.6) is 0 Å². The lowest BCUT2D eigenvalue weighted by Crippen LogP contribution is -2.11. The van der Waals surface area contributed by atoms with Crippen LogP contribution in [0.15, 0.2) is 12.2 Å². The summed E-state index contributed by atoms with van der Waals surface area (Å²) in [5.41, 5.74) is 5.25. The maximum absolute atomic E-state index is 10.3. The lowest BCUT2D eigenvalue weighted by molar-refractivity contribution is -0.138. The van der Waals surface area contributed by atoms with Gasteiger partial charge in [0.2, 0.25) is 0 Å². The molecule has 4 heteroatoms. The second kappa shape index (κ2) is 5.59. The van der Waals surface area contributed by atoms with Gasteiger partial charge in [-0.05, 0) is 6.92 Å². The molecule has 0 rings (SSSR count). The van der Waals surface area contributed by atoms with Gasteiger partial charge < -0.3 is 4.74 Å². The minimum Gasteiger partial charge on any atom is -0.447 e. The van der Waals surface area contributed by atoms with Crippen molar-refractivity contribution in [2.24, 2.45) is 5.73 Å². The normalized spacial score (nSPS) is 7.33. The van der Waals surface area contributed by atoms with Gasteiger partial charge in [0.1, 0.15) is 6.73 Å². The number of halogens is 1. The highest BCUT2D eigenvalue weighted by molar-refractivity contribution is 5.86. The third-order valence-corrected chi connectivity index (χ3v) is 0.563. The van der Waals surface area contributed by atoms with Gasteiger partial charge in [-0.15, -0.1) is 12.4 Å². The van der Waals surface area contributed by atoms with E-state index in [1.807, 2.05) is 0 Å². The van der Waals surface area contributed by atoms with Crippen molar-refractivity contribution < 1.29 is 9.53 Å². The van der Waals surface area contributed by atoms with Crippen molar-refractivity contribution in [3.05, 3.63) is 12.2 Å². The minimum absolute atomic E-state index is 0. The fraction of sp³-hybridized carbons (Fsp3) is 0.400. The molecule has 0 aromatic heterocycles. The Morgan fingerprint density at radius 2 is 2.22 bits per heavy atom. The summed E-state index contributed by atoms with van der Waals surface area (Å²) in [6.07, 6.45) is 0. The molecular formula is C5H10ClNO2. The highest BCUT2D eigenvalue weighted by atomic mass is 35.5. The number of esters is 1. The van der Waals surface area contributed by atoms with Gasteiger partial charge >= 0.3 is 5.97 Å². The van der Waals surface area contributed by atoms with Gasteiger partial charge in [-0.25, -0.2) is 4.79 Å². The molecule has 3 nitrogen and oxygen atoms in total. The number of hydrogen-bond acceptors (Lipinski definition) is 3. The number of nitrogens with two attached hydrogens (primary N) is 1. The van der Waals surface area contributed by atoms with E-state index in [0.29, 0.717) is 5.57 Å². The SMILES string of the molecule is C=C(C)C(=O)OCN.Cl. The third kappa shape index (κ3) is 5.33. The van der Waals surface area contributed by atoms with Gasteiger partial charge in [-0.2, -0.15) is 0 Å². The summed E-state index contributed by atoms with van der Waals surface area (Å²) in [5.74, 6) is -0.437. The molecule has 0 aliphatic carbocycles. The Labute approximate surface area is 60.3 Å². The number of carbonyl (C=O) groups is 1. The summed E-state index contributed by atoms with van der Waals surface area (Å²) in [6.45, 7) is 4.83. The molecule has 0 aromatic rings. The van der Waals surface area contributed by atoms with Gasteiger partial charge in [-0.3, -0.25) is 5.73 Å². The largest absolute Gasteiger partial charge is 0.447 e. The molecule has 9 heavy (non-hydrogen) atoms. The molecule has 0 spiro atoms. The molecule has 0 saturated heterocycles. The topological polar surface area (TPSA) is 52.3 Å². The monoisotopic (exact) mass is 151 g/mol. The molecule has 0 atom stereocenters. The predicted molar refractivity (Wildman–Crippen MR) is 37.2 cm³/mol. The zero-order chi connectivity index (χ0) is 6.57. The predicted octanol–water partition coefficient (Wildman–Crippen LogP) is 0.444. The second-order valence-corrected chi connectivity index (χ2v) is 1.38. The zero-order valence-electron chi connectivity index (χ0n) is 5.22. The maximum Gasteiger partial charge on any atom is 0.334 e. The molecule has 0 bridgehead atoms. The lowest BCUT2D eigenvalue weighted by Gasteiger charge is -1.96. The minimum atomic E-state index is -0.437. The van der Waals surface area contributed by atoms with Crippen LogP contribution < -0.4 is 5.73 Å². The fourth-order valence-corrected chi connectivity index (χ4v) is 0.199. The first-order chi connectivity index (χ1) is 3.68. The van der Waals surface area contributed by atoms with Crippen molar-refractivity contribution in [1.82, 2.24) is 0 Å². The molecule has 0 heterocycles. The first-order valence-electron chi connectivity index (χ1n) is 2.21. The van der Waals surface area contributed by atoms with Crippen LogP contribution in [0.3, 0.4) is 0 Å². The van der Waals surface area contributed by atoms with Crippen molar-refractivity contribution in [3.8, 4) is 0 Å². The molecule has 0 aliphatic heterocycles. The molecule has 0 saturated carbocycles. The molecule has 0 aliphatic rings. The van der Waals surface area contributed by atoms with Crippen LogP contribution in [0.1, 0.15) is 6.92 Å². The Kier molecular flexibility index (Phi) is 7.01. The van der Waals surface area contributed by atoms with E-state index in [9.17, 15) is 4.79 Å². The Morgan fingerprint density at radius 1 is 1.78 bits per heavy atom. The van der Waals surface area contributed by atoms with E-state index in [4.69, 9.17) is 5.73 Å². The van der Waals surface area contributed by atoms with Crippen LogP contribution in [-0.4, -0.2) is 12.7 Å². The quantitative estimate of drug-likeness (QED) is 0.354. The van der Waals surface area contributed by atoms with Gasteiger partial charge in [0, 0.05) is 5.57 Å². The van der Waals surface area contributed by atoms with Crippen LogP contribution in [0.2, 0.25) is 0 Å². The summed E-state index contributed by atoms with van der Waals surface area (Å²) >= 11 is 0. The van der Waals surface area contributed by atoms with Crippen LogP contribution in [0.25, 0.3) is 0 Å². The molecule has 0 fully saturated rings. The zero-order valence-corrected chi connectivity index (χ0v) is 6.03. The summed E-state index contributed by atoms with van der Waals surface area (Å²) in [6, 6.07) is 0. The van der Waals surface area contributed by atoms with Crippen LogP contribution >= 0.6 is 12.4 Å². The Balaban J connectivity index is 0. The van der Waals surface area contributed by atoms with Gasteiger partial charge in [-0.1, -0.05) is 6.58 Å². The molecule has 0 radical (unpaired) electrons. The summed E-state index contributed by atoms with van der Waals surface area (Å²) < 4.78 is 4.34. The van der Waals surface area contributed by atoms with E-state index in [-0.39, 0.29) is 19.1 Å².